The van der Waals surface area contributed by atoms with Crippen LogP contribution in [0.3, 0.4) is 0 Å². The highest BCUT2D eigenvalue weighted by Crippen LogP contribution is 2.22. The third-order valence-corrected chi connectivity index (χ3v) is 3.51. The lowest BCUT2D eigenvalue weighted by Gasteiger charge is -2.11. The number of alkyl halides is 3. The van der Waals surface area contributed by atoms with Gasteiger partial charge in [0.05, 0.1) is 10.7 Å². The summed E-state index contributed by atoms with van der Waals surface area (Å²) in [5.74, 6) is -0.652. The van der Waals surface area contributed by atoms with Crippen LogP contribution in [0.4, 0.5) is 18.9 Å². The van der Waals surface area contributed by atoms with Crippen molar-refractivity contribution in [3.05, 3.63) is 61.9 Å². The van der Waals surface area contributed by atoms with Gasteiger partial charge in [-0.1, -0.05) is 17.7 Å². The fourth-order valence-electron chi connectivity index (χ4n) is 2.05. The molecule has 1 aromatic carbocycles. The number of benzene rings is 1. The van der Waals surface area contributed by atoms with Crippen LogP contribution in [-0.2, 0) is 17.9 Å². The van der Waals surface area contributed by atoms with Crippen molar-refractivity contribution in [2.24, 2.45) is 0 Å². The lowest BCUT2D eigenvalue weighted by Crippen LogP contribution is -2.43. The number of rotatable bonds is 4. The second kappa shape index (κ2) is 7.14. The van der Waals surface area contributed by atoms with E-state index < -0.39 is 36.3 Å². The Kier molecular flexibility index (Phi) is 5.36. The predicted molar refractivity (Wildman–Crippen MR) is 85.8 cm³/mol. The largest absolute Gasteiger partial charge is 0.406 e. The number of anilines is 1. The molecule has 2 aromatic rings. The second-order valence-corrected chi connectivity index (χ2v) is 5.72. The van der Waals surface area contributed by atoms with Crippen molar-refractivity contribution in [2.75, 3.05) is 5.32 Å². The van der Waals surface area contributed by atoms with Crippen LogP contribution in [0, 0.1) is 6.92 Å². The van der Waals surface area contributed by atoms with Crippen molar-refractivity contribution in [2.45, 2.75) is 26.2 Å². The van der Waals surface area contributed by atoms with Crippen LogP contribution in [0.1, 0.15) is 5.56 Å². The molecule has 0 atom stereocenters. The molecule has 0 aliphatic rings. The van der Waals surface area contributed by atoms with Crippen molar-refractivity contribution in [1.82, 2.24) is 9.13 Å². The normalized spacial score (nSPS) is 11.4. The van der Waals surface area contributed by atoms with Gasteiger partial charge in [0.2, 0.25) is 5.91 Å². The molecule has 0 aliphatic carbocycles. The molecule has 10 heteroatoms. The maximum Gasteiger partial charge on any atom is 0.406 e. The number of hydrogen-bond donors (Lipinski definition) is 1. The molecule has 134 valence electrons. The highest BCUT2D eigenvalue weighted by Gasteiger charge is 2.28. The minimum atomic E-state index is -4.64. The first-order valence-corrected chi connectivity index (χ1v) is 7.37. The first kappa shape index (κ1) is 18.8. The molecule has 1 heterocycles. The number of aryl methyl sites for hydroxylation is 1. The number of hydrogen-bond acceptors (Lipinski definition) is 3. The molecule has 0 spiro atoms. The summed E-state index contributed by atoms with van der Waals surface area (Å²) in [6, 6.07) is 4.91. The molecule has 1 aromatic heterocycles. The summed E-state index contributed by atoms with van der Waals surface area (Å²) in [7, 11) is 0. The molecule has 0 aliphatic heterocycles. The van der Waals surface area contributed by atoms with E-state index in [1.807, 2.05) is 6.92 Å². The maximum atomic E-state index is 12.3. The van der Waals surface area contributed by atoms with Gasteiger partial charge in [-0.2, -0.15) is 13.2 Å². The smallest absolute Gasteiger partial charge is 0.323 e. The maximum absolute atomic E-state index is 12.3. The van der Waals surface area contributed by atoms with Gasteiger partial charge in [-0.15, -0.1) is 0 Å². The first-order valence-electron chi connectivity index (χ1n) is 6.99. The predicted octanol–water partition coefficient (Wildman–Crippen LogP) is 2.17. The van der Waals surface area contributed by atoms with Crippen LogP contribution in [0.5, 0.6) is 0 Å². The standard InChI is InChI=1S/C15H13ClF3N3O3/c1-9-2-3-11(10(16)6-9)20-12(23)7-21-4-5-22(8-15(17,18)19)14(25)13(21)24/h2-6H,7-8H2,1H3,(H,20,23). The molecule has 6 nitrogen and oxygen atoms in total. The van der Waals surface area contributed by atoms with E-state index in [-0.39, 0.29) is 4.57 Å². The van der Waals surface area contributed by atoms with Crippen LogP contribution < -0.4 is 16.4 Å². The summed E-state index contributed by atoms with van der Waals surface area (Å²) in [4.78, 5) is 35.5. The lowest BCUT2D eigenvalue weighted by atomic mass is 10.2. The molecule has 1 amide bonds. The Balaban J connectivity index is 2.17. The third kappa shape index (κ3) is 4.96. The van der Waals surface area contributed by atoms with Crippen LogP contribution in [0.15, 0.2) is 40.2 Å². The van der Waals surface area contributed by atoms with Crippen molar-refractivity contribution in [1.29, 1.82) is 0 Å². The van der Waals surface area contributed by atoms with Crippen molar-refractivity contribution < 1.29 is 18.0 Å². The van der Waals surface area contributed by atoms with E-state index >= 15 is 0 Å². The van der Waals surface area contributed by atoms with Gasteiger partial charge in [0.25, 0.3) is 0 Å². The summed E-state index contributed by atoms with van der Waals surface area (Å²) in [5.41, 5.74) is -1.39. The molecule has 0 unspecified atom stereocenters. The van der Waals surface area contributed by atoms with Crippen LogP contribution in [-0.4, -0.2) is 21.2 Å². The summed E-state index contributed by atoms with van der Waals surface area (Å²) in [5, 5.41) is 2.76. The summed E-state index contributed by atoms with van der Waals surface area (Å²) < 4.78 is 38.0. The first-order chi connectivity index (χ1) is 11.6. The topological polar surface area (TPSA) is 73.1 Å². The second-order valence-electron chi connectivity index (χ2n) is 5.31. The Morgan fingerprint density at radius 3 is 2.36 bits per heavy atom. The lowest BCUT2D eigenvalue weighted by molar-refractivity contribution is -0.141. The van der Waals surface area contributed by atoms with Gasteiger partial charge in [-0.05, 0) is 24.6 Å². The van der Waals surface area contributed by atoms with Crippen molar-refractivity contribution in [3.63, 3.8) is 0 Å². The molecule has 2 rings (SSSR count). The highest BCUT2D eigenvalue weighted by molar-refractivity contribution is 6.33. The Hall–Kier alpha value is -2.55. The van der Waals surface area contributed by atoms with E-state index in [4.69, 9.17) is 11.6 Å². The number of aromatic nitrogens is 2. The Bertz CT molecular complexity index is 919. The van der Waals surface area contributed by atoms with Crippen LogP contribution in [0.25, 0.3) is 0 Å². The third-order valence-electron chi connectivity index (χ3n) is 3.19. The Morgan fingerprint density at radius 2 is 1.76 bits per heavy atom. The average molecular weight is 376 g/mol. The average Bonchev–Trinajstić information content (AvgIpc) is 2.49. The van der Waals surface area contributed by atoms with E-state index in [0.717, 1.165) is 22.5 Å². The quantitative estimate of drug-likeness (QED) is 0.832. The summed E-state index contributed by atoms with van der Waals surface area (Å²) in [6.07, 6.45) is -2.88. The minimum absolute atomic E-state index is 0.244. The van der Waals surface area contributed by atoms with Gasteiger partial charge in [0.1, 0.15) is 13.1 Å². The van der Waals surface area contributed by atoms with Crippen LogP contribution >= 0.6 is 11.6 Å². The molecular weight excluding hydrogens is 363 g/mol. The molecule has 1 N–H and O–H groups in total. The van der Waals surface area contributed by atoms with E-state index in [1.54, 1.807) is 18.2 Å². The number of nitrogens with zero attached hydrogens (tertiary/aromatic N) is 2. The molecule has 0 saturated carbocycles. The van der Waals surface area contributed by atoms with Crippen molar-refractivity contribution >= 4 is 23.2 Å². The zero-order chi connectivity index (χ0) is 18.8. The molecule has 0 fully saturated rings. The number of nitrogens with one attached hydrogen (secondary N) is 1. The number of carbonyl (C=O) groups excluding carboxylic acids is 1. The summed E-state index contributed by atoms with van der Waals surface area (Å²) in [6.45, 7) is -0.300. The van der Waals surface area contributed by atoms with Gasteiger partial charge < -0.3 is 9.88 Å². The van der Waals surface area contributed by atoms with Crippen LogP contribution in [0.2, 0.25) is 5.02 Å². The fraction of sp³-hybridized carbons (Fsp3) is 0.267. The van der Waals surface area contributed by atoms with E-state index in [0.29, 0.717) is 10.7 Å². The Labute approximate surface area is 144 Å². The van der Waals surface area contributed by atoms with Gasteiger partial charge >= 0.3 is 17.3 Å². The van der Waals surface area contributed by atoms with E-state index in [1.165, 1.54) is 0 Å². The van der Waals surface area contributed by atoms with E-state index in [9.17, 15) is 27.6 Å². The molecular formula is C15H13ClF3N3O3. The molecule has 0 radical (unpaired) electrons. The SMILES string of the molecule is Cc1ccc(NC(=O)Cn2ccn(CC(F)(F)F)c(=O)c2=O)c(Cl)c1. The number of carbonyl (C=O) groups is 1. The van der Waals surface area contributed by atoms with Gasteiger partial charge in [0, 0.05) is 12.4 Å². The van der Waals surface area contributed by atoms with Crippen molar-refractivity contribution in [3.8, 4) is 0 Å². The molecule has 0 bridgehead atoms. The number of halogens is 4. The van der Waals surface area contributed by atoms with Gasteiger partial charge in [-0.25, -0.2) is 0 Å². The minimum Gasteiger partial charge on any atom is -0.323 e. The number of amides is 1. The molecule has 0 saturated heterocycles. The highest BCUT2D eigenvalue weighted by atomic mass is 35.5. The van der Waals surface area contributed by atoms with Gasteiger partial charge in [0.15, 0.2) is 0 Å². The van der Waals surface area contributed by atoms with Gasteiger partial charge in [-0.3, -0.25) is 19.0 Å². The fourth-order valence-corrected chi connectivity index (χ4v) is 2.33. The molecule has 25 heavy (non-hydrogen) atoms. The monoisotopic (exact) mass is 375 g/mol. The zero-order valence-corrected chi connectivity index (χ0v) is 13.7. The summed E-state index contributed by atoms with van der Waals surface area (Å²) >= 11 is 5.97. The van der Waals surface area contributed by atoms with E-state index in [2.05, 4.69) is 5.32 Å². The Morgan fingerprint density at radius 1 is 1.16 bits per heavy atom. The zero-order valence-electron chi connectivity index (χ0n) is 12.9.